The van der Waals surface area contributed by atoms with Crippen molar-refractivity contribution in [1.82, 2.24) is 10.1 Å². The fraction of sp³-hybridized carbons (Fsp3) is 0.433. The molecule has 1 atom stereocenters. The second-order valence-corrected chi connectivity index (χ2v) is 12.0. The van der Waals surface area contributed by atoms with Gasteiger partial charge in [-0.25, -0.2) is 22.9 Å². The lowest BCUT2D eigenvalue weighted by atomic mass is 9.83. The fourth-order valence-electron chi connectivity index (χ4n) is 5.61. The summed E-state index contributed by atoms with van der Waals surface area (Å²) in [6, 6.07) is 8.91. The number of nitrogens with zero attached hydrogens (tertiary/aromatic N) is 2. The summed E-state index contributed by atoms with van der Waals surface area (Å²) in [5, 5.41) is 25.4. The number of aromatic nitrogens is 2. The van der Waals surface area contributed by atoms with E-state index in [2.05, 4.69) is 10.1 Å². The first kappa shape index (κ1) is 27.9. The minimum Gasteiger partial charge on any atom is -0.478 e. The van der Waals surface area contributed by atoms with Crippen LogP contribution in [0.4, 0.5) is 13.2 Å². The van der Waals surface area contributed by atoms with Gasteiger partial charge >= 0.3 is 5.97 Å². The Morgan fingerprint density at radius 2 is 1.88 bits per heavy atom. The molecule has 2 fully saturated rings. The Hall–Kier alpha value is -3.28. The zero-order valence-electron chi connectivity index (χ0n) is 22.3. The lowest BCUT2D eigenvalue weighted by molar-refractivity contribution is -0.0640. The molecular weight excluding hydrogens is 557 g/mol. The topological polar surface area (TPSA) is 106 Å². The molecule has 2 aromatic carbocycles. The number of thiazole rings is 1. The number of hydrogen-bond donors (Lipinski definition) is 2. The van der Waals surface area contributed by atoms with Crippen molar-refractivity contribution >= 4 is 27.5 Å². The largest absolute Gasteiger partial charge is 0.478 e. The van der Waals surface area contributed by atoms with Crippen LogP contribution in [0.1, 0.15) is 102 Å². The molecule has 0 radical (unpaired) electrons. The quantitative estimate of drug-likeness (QED) is 0.206. The van der Waals surface area contributed by atoms with Crippen molar-refractivity contribution in [2.24, 2.45) is 0 Å². The van der Waals surface area contributed by atoms with E-state index in [4.69, 9.17) is 9.26 Å². The van der Waals surface area contributed by atoms with Crippen LogP contribution < -0.4 is 0 Å². The summed E-state index contributed by atoms with van der Waals surface area (Å²) in [4.78, 5) is 15.9. The summed E-state index contributed by atoms with van der Waals surface area (Å²) >= 11 is 1.29. The number of carbonyl (C=O) groups is 1. The van der Waals surface area contributed by atoms with Crippen molar-refractivity contribution in [3.05, 3.63) is 69.4 Å². The van der Waals surface area contributed by atoms with Gasteiger partial charge in [-0.05, 0) is 69.2 Å². The zero-order chi connectivity index (χ0) is 28.9. The standard InChI is InChI=1S/C30H29F3N2O5S/c1-15(31)19-3-2-4-20(27(32)33)24(19)25-21(26(40-35-25)16-5-6-16)14-39-18-9-11-30(38,12-10-18)29-34-22-8-7-17(28(36)37)13-23(22)41-29/h2-4,7-8,13,15-16,18,27,38H,5-6,9-12,14H2,1H3,(H,36,37). The van der Waals surface area contributed by atoms with E-state index in [0.717, 1.165) is 12.8 Å². The number of alkyl halides is 3. The minimum atomic E-state index is -2.81. The predicted octanol–water partition coefficient (Wildman–Crippen LogP) is 7.84. The lowest BCUT2D eigenvalue weighted by Crippen LogP contribution is -2.34. The van der Waals surface area contributed by atoms with Crippen molar-refractivity contribution in [2.75, 3.05) is 0 Å². The molecule has 1 unspecified atom stereocenters. The summed E-state index contributed by atoms with van der Waals surface area (Å²) in [5.41, 5.74) is 0.323. The van der Waals surface area contributed by atoms with E-state index in [0.29, 0.717) is 52.2 Å². The van der Waals surface area contributed by atoms with Crippen LogP contribution in [0.2, 0.25) is 0 Å². The minimum absolute atomic E-state index is 0.0617. The summed E-state index contributed by atoms with van der Waals surface area (Å²) < 4.78 is 55.2. The first-order valence-corrected chi connectivity index (χ1v) is 14.5. The van der Waals surface area contributed by atoms with E-state index in [1.54, 1.807) is 12.1 Å². The molecule has 2 aliphatic carbocycles. The van der Waals surface area contributed by atoms with Gasteiger partial charge in [-0.1, -0.05) is 23.4 Å². The molecule has 0 spiro atoms. The first-order chi connectivity index (χ1) is 19.6. The third-order valence-electron chi connectivity index (χ3n) is 8.05. The maximum Gasteiger partial charge on any atom is 0.335 e. The van der Waals surface area contributed by atoms with Crippen LogP contribution in [-0.2, 0) is 16.9 Å². The van der Waals surface area contributed by atoms with Crippen molar-refractivity contribution < 1.29 is 37.4 Å². The normalized spacial score (nSPS) is 22.0. The van der Waals surface area contributed by atoms with Crippen LogP contribution in [0, 0.1) is 0 Å². The van der Waals surface area contributed by atoms with Gasteiger partial charge in [0.2, 0.25) is 0 Å². The van der Waals surface area contributed by atoms with E-state index in [-0.39, 0.29) is 46.6 Å². The van der Waals surface area contributed by atoms with Crippen LogP contribution >= 0.6 is 11.3 Å². The smallest absolute Gasteiger partial charge is 0.335 e. The Kier molecular flexibility index (Phi) is 7.37. The van der Waals surface area contributed by atoms with Gasteiger partial charge < -0.3 is 19.5 Å². The molecule has 7 nitrogen and oxygen atoms in total. The number of carboxylic acids is 1. The highest BCUT2D eigenvalue weighted by atomic mass is 32.1. The highest BCUT2D eigenvalue weighted by Gasteiger charge is 2.39. The maximum atomic E-state index is 14.6. The molecule has 0 saturated heterocycles. The van der Waals surface area contributed by atoms with Crippen molar-refractivity contribution in [3.63, 3.8) is 0 Å². The molecule has 216 valence electrons. The lowest BCUT2D eigenvalue weighted by Gasteiger charge is -2.34. The van der Waals surface area contributed by atoms with Crippen molar-refractivity contribution in [2.45, 2.75) is 82.3 Å². The molecule has 2 heterocycles. The Bertz CT molecular complexity index is 1560. The van der Waals surface area contributed by atoms with Gasteiger partial charge in [0.25, 0.3) is 6.43 Å². The van der Waals surface area contributed by atoms with Crippen molar-refractivity contribution in [3.8, 4) is 11.3 Å². The van der Waals surface area contributed by atoms with Gasteiger partial charge in [0.1, 0.15) is 28.2 Å². The molecular formula is C30H29F3N2O5S. The number of aliphatic hydroxyl groups is 1. The molecule has 0 aliphatic heterocycles. The average molecular weight is 587 g/mol. The van der Waals surface area contributed by atoms with Crippen LogP contribution in [0.3, 0.4) is 0 Å². The molecule has 2 N–H and O–H groups in total. The monoisotopic (exact) mass is 586 g/mol. The van der Waals surface area contributed by atoms with E-state index in [9.17, 15) is 28.2 Å². The average Bonchev–Trinajstić information content (AvgIpc) is 3.55. The zero-order valence-corrected chi connectivity index (χ0v) is 23.1. The van der Waals surface area contributed by atoms with Gasteiger partial charge in [-0.15, -0.1) is 11.3 Å². The molecule has 41 heavy (non-hydrogen) atoms. The maximum absolute atomic E-state index is 14.6. The van der Waals surface area contributed by atoms with Gasteiger partial charge in [-0.2, -0.15) is 0 Å². The molecule has 0 amide bonds. The molecule has 0 bridgehead atoms. The summed E-state index contributed by atoms with van der Waals surface area (Å²) in [5.74, 6) is -0.284. The highest BCUT2D eigenvalue weighted by molar-refractivity contribution is 7.18. The Balaban J connectivity index is 1.21. The molecule has 11 heteroatoms. The summed E-state index contributed by atoms with van der Waals surface area (Å²) in [7, 11) is 0. The first-order valence-electron chi connectivity index (χ1n) is 13.7. The molecule has 6 rings (SSSR count). The Morgan fingerprint density at radius 1 is 1.15 bits per heavy atom. The number of benzene rings is 2. The summed E-state index contributed by atoms with van der Waals surface area (Å²) in [6.45, 7) is 1.39. The third kappa shape index (κ3) is 5.38. The van der Waals surface area contributed by atoms with E-state index >= 15 is 0 Å². The highest BCUT2D eigenvalue weighted by Crippen LogP contribution is 2.47. The Labute approximate surface area is 238 Å². The number of rotatable bonds is 9. The van der Waals surface area contributed by atoms with Crippen LogP contribution in [0.15, 0.2) is 40.9 Å². The van der Waals surface area contributed by atoms with Crippen LogP contribution in [0.25, 0.3) is 21.5 Å². The second-order valence-electron chi connectivity index (χ2n) is 10.9. The number of aromatic carboxylic acids is 1. The number of halogens is 3. The van der Waals surface area contributed by atoms with Crippen LogP contribution in [0.5, 0.6) is 0 Å². The molecule has 2 aliphatic rings. The fourth-order valence-corrected chi connectivity index (χ4v) is 6.76. The Morgan fingerprint density at radius 3 is 2.54 bits per heavy atom. The second kappa shape index (κ2) is 10.8. The van der Waals surface area contributed by atoms with Gasteiger partial charge in [0, 0.05) is 22.6 Å². The third-order valence-corrected chi connectivity index (χ3v) is 9.26. The van der Waals surface area contributed by atoms with E-state index in [1.807, 2.05) is 0 Å². The number of fused-ring (bicyclic) bond motifs is 1. The number of carboxylic acid groups (broad SMARTS) is 1. The SMILES string of the molecule is CC(F)c1cccc(C(F)F)c1-c1noc(C2CC2)c1COC1CCC(O)(c2nc3ccc(C(=O)O)cc3s2)CC1. The number of hydrogen-bond acceptors (Lipinski definition) is 7. The van der Waals surface area contributed by atoms with E-state index in [1.165, 1.54) is 42.5 Å². The van der Waals surface area contributed by atoms with Gasteiger partial charge in [0.05, 0.1) is 28.5 Å². The molecule has 2 saturated carbocycles. The predicted molar refractivity (Wildman–Crippen MR) is 146 cm³/mol. The van der Waals surface area contributed by atoms with Gasteiger partial charge in [0.15, 0.2) is 0 Å². The van der Waals surface area contributed by atoms with Crippen LogP contribution in [-0.4, -0.2) is 32.4 Å². The van der Waals surface area contributed by atoms with E-state index < -0.39 is 24.2 Å². The molecule has 2 aromatic heterocycles. The number of ether oxygens (including phenoxy) is 1. The van der Waals surface area contributed by atoms with Gasteiger partial charge in [-0.3, -0.25) is 0 Å². The van der Waals surface area contributed by atoms with Crippen molar-refractivity contribution in [1.29, 1.82) is 0 Å². The molecule has 4 aromatic rings. The summed E-state index contributed by atoms with van der Waals surface area (Å²) in [6.07, 6.45) is -0.837.